The highest BCUT2D eigenvalue weighted by molar-refractivity contribution is 5.67. The summed E-state index contributed by atoms with van der Waals surface area (Å²) in [7, 11) is 0. The minimum absolute atomic E-state index is 0.287. The molecule has 3 rings (SSSR count). The van der Waals surface area contributed by atoms with Crippen molar-refractivity contribution in [2.45, 2.75) is 12.7 Å². The van der Waals surface area contributed by atoms with Crippen LogP contribution in [0.5, 0.6) is 0 Å². The van der Waals surface area contributed by atoms with E-state index in [1.54, 1.807) is 18.7 Å². The van der Waals surface area contributed by atoms with Gasteiger partial charge in [0.05, 0.1) is 6.33 Å². The predicted octanol–water partition coefficient (Wildman–Crippen LogP) is 2.06. The van der Waals surface area contributed by atoms with Crippen molar-refractivity contribution < 1.29 is 13.2 Å². The van der Waals surface area contributed by atoms with Gasteiger partial charge in [-0.1, -0.05) is 0 Å². The number of aromatic nitrogens is 5. The Morgan fingerprint density at radius 2 is 2.05 bits per heavy atom. The second-order valence-electron chi connectivity index (χ2n) is 4.36. The normalized spacial score (nSPS) is 12.0. The van der Waals surface area contributed by atoms with Crippen molar-refractivity contribution in [3.8, 4) is 0 Å². The number of fused-ring (bicyclic) bond motifs is 1. The first-order chi connectivity index (χ1) is 10.0. The summed E-state index contributed by atoms with van der Waals surface area (Å²) in [5, 5.41) is 6.50. The fourth-order valence-corrected chi connectivity index (χ4v) is 1.92. The van der Waals surface area contributed by atoms with Gasteiger partial charge in [0.2, 0.25) is 0 Å². The molecule has 0 saturated carbocycles. The van der Waals surface area contributed by atoms with Crippen LogP contribution in [0.15, 0.2) is 37.2 Å². The molecule has 110 valence electrons. The van der Waals surface area contributed by atoms with Crippen molar-refractivity contribution in [3.63, 3.8) is 0 Å². The summed E-state index contributed by atoms with van der Waals surface area (Å²) in [6.45, 7) is 1.14. The maximum atomic E-state index is 12.7. The predicted molar refractivity (Wildman–Crippen MR) is 68.7 cm³/mol. The van der Waals surface area contributed by atoms with Crippen molar-refractivity contribution in [3.05, 3.63) is 42.9 Å². The molecule has 0 atom stereocenters. The van der Waals surface area contributed by atoms with Crippen LogP contribution in [0, 0.1) is 0 Å². The average molecular weight is 296 g/mol. The van der Waals surface area contributed by atoms with Gasteiger partial charge >= 0.3 is 6.18 Å². The standard InChI is InChI=1S/C12H11F3N6/c13-12(14,15)10-7-9-11(18-3-6-21(9)19-10)17-2-5-20-4-1-16-8-20/h1,3-4,6-8H,2,5H2,(H,17,18). The molecule has 0 aliphatic carbocycles. The first kappa shape index (κ1) is 13.4. The third-order valence-corrected chi connectivity index (χ3v) is 2.90. The number of rotatable bonds is 4. The molecule has 0 aromatic carbocycles. The van der Waals surface area contributed by atoms with Crippen LogP contribution in [-0.4, -0.2) is 30.7 Å². The molecule has 0 unspecified atom stereocenters. The Bertz CT molecular complexity index is 731. The van der Waals surface area contributed by atoms with Gasteiger partial charge < -0.3 is 9.88 Å². The van der Waals surface area contributed by atoms with Crippen LogP contribution in [0.4, 0.5) is 19.0 Å². The number of halogens is 3. The van der Waals surface area contributed by atoms with Crippen molar-refractivity contribution in [1.82, 2.24) is 24.1 Å². The van der Waals surface area contributed by atoms with E-state index < -0.39 is 11.9 Å². The highest BCUT2D eigenvalue weighted by Crippen LogP contribution is 2.29. The van der Waals surface area contributed by atoms with E-state index in [2.05, 4.69) is 20.4 Å². The molecule has 6 nitrogen and oxygen atoms in total. The lowest BCUT2D eigenvalue weighted by Crippen LogP contribution is -2.11. The molecular formula is C12H11F3N6. The van der Waals surface area contributed by atoms with E-state index >= 15 is 0 Å². The van der Waals surface area contributed by atoms with E-state index in [0.29, 0.717) is 18.9 Å². The van der Waals surface area contributed by atoms with E-state index in [4.69, 9.17) is 0 Å². The lowest BCUT2D eigenvalue weighted by Gasteiger charge is -2.07. The average Bonchev–Trinajstić information content (AvgIpc) is 3.06. The van der Waals surface area contributed by atoms with Crippen LogP contribution in [0.1, 0.15) is 5.69 Å². The van der Waals surface area contributed by atoms with E-state index in [0.717, 1.165) is 10.6 Å². The zero-order valence-corrected chi connectivity index (χ0v) is 10.7. The van der Waals surface area contributed by atoms with Crippen LogP contribution in [0.25, 0.3) is 5.52 Å². The molecule has 9 heteroatoms. The molecule has 0 fully saturated rings. The lowest BCUT2D eigenvalue weighted by atomic mass is 10.3. The third kappa shape index (κ3) is 2.81. The molecule has 1 N–H and O–H groups in total. The smallest absolute Gasteiger partial charge is 0.366 e. The molecule has 0 saturated heterocycles. The van der Waals surface area contributed by atoms with Crippen LogP contribution in [0.2, 0.25) is 0 Å². The number of nitrogens with zero attached hydrogens (tertiary/aromatic N) is 5. The van der Waals surface area contributed by atoms with Crippen LogP contribution in [-0.2, 0) is 12.7 Å². The summed E-state index contributed by atoms with van der Waals surface area (Å²) >= 11 is 0. The zero-order chi connectivity index (χ0) is 14.9. The van der Waals surface area contributed by atoms with Gasteiger partial charge in [-0.15, -0.1) is 0 Å². The van der Waals surface area contributed by atoms with Gasteiger partial charge in [-0.2, -0.15) is 18.3 Å². The largest absolute Gasteiger partial charge is 0.435 e. The second-order valence-corrected chi connectivity index (χ2v) is 4.36. The Morgan fingerprint density at radius 1 is 1.19 bits per heavy atom. The third-order valence-electron chi connectivity index (χ3n) is 2.90. The van der Waals surface area contributed by atoms with E-state index in [9.17, 15) is 13.2 Å². The fraction of sp³-hybridized carbons (Fsp3) is 0.250. The summed E-state index contributed by atoms with van der Waals surface area (Å²) < 4.78 is 41.0. The number of hydrogen-bond acceptors (Lipinski definition) is 4. The van der Waals surface area contributed by atoms with Gasteiger partial charge in [-0.25, -0.2) is 14.5 Å². The first-order valence-electron chi connectivity index (χ1n) is 6.15. The van der Waals surface area contributed by atoms with Gasteiger partial charge in [0, 0.05) is 43.9 Å². The summed E-state index contributed by atoms with van der Waals surface area (Å²) in [4.78, 5) is 7.97. The molecule has 0 spiro atoms. The Labute approximate surface area is 117 Å². The monoisotopic (exact) mass is 296 g/mol. The number of imidazole rings is 1. The number of anilines is 1. The summed E-state index contributed by atoms with van der Waals surface area (Å²) in [5.74, 6) is 0.362. The molecule has 3 aromatic heterocycles. The SMILES string of the molecule is FC(F)(F)c1cc2c(NCCn3ccnc3)nccn2n1. The van der Waals surface area contributed by atoms with Gasteiger partial charge in [0.25, 0.3) is 0 Å². The second kappa shape index (κ2) is 5.08. The fourth-order valence-electron chi connectivity index (χ4n) is 1.92. The van der Waals surface area contributed by atoms with Gasteiger partial charge in [0.1, 0.15) is 5.52 Å². The summed E-state index contributed by atoms with van der Waals surface area (Å²) in [5.41, 5.74) is -0.649. The Balaban J connectivity index is 1.80. The molecular weight excluding hydrogens is 285 g/mol. The van der Waals surface area contributed by atoms with E-state index in [-0.39, 0.29) is 5.52 Å². The van der Waals surface area contributed by atoms with Crippen molar-refractivity contribution in [2.24, 2.45) is 0 Å². The van der Waals surface area contributed by atoms with Crippen LogP contribution >= 0.6 is 0 Å². The maximum absolute atomic E-state index is 12.7. The highest BCUT2D eigenvalue weighted by atomic mass is 19.4. The molecule has 21 heavy (non-hydrogen) atoms. The molecule has 0 aliphatic rings. The van der Waals surface area contributed by atoms with Gasteiger partial charge in [-0.05, 0) is 0 Å². The Morgan fingerprint density at radius 3 is 2.76 bits per heavy atom. The van der Waals surface area contributed by atoms with Crippen molar-refractivity contribution in [1.29, 1.82) is 0 Å². The Hall–Kier alpha value is -2.58. The van der Waals surface area contributed by atoms with Crippen molar-refractivity contribution in [2.75, 3.05) is 11.9 Å². The highest BCUT2D eigenvalue weighted by Gasteiger charge is 2.34. The summed E-state index contributed by atoms with van der Waals surface area (Å²) in [6, 6.07) is 0.979. The molecule has 3 heterocycles. The molecule has 3 aromatic rings. The van der Waals surface area contributed by atoms with Crippen LogP contribution < -0.4 is 5.32 Å². The van der Waals surface area contributed by atoms with Crippen molar-refractivity contribution >= 4 is 11.3 Å². The number of hydrogen-bond donors (Lipinski definition) is 1. The summed E-state index contributed by atoms with van der Waals surface area (Å²) in [6.07, 6.45) is 3.43. The first-order valence-corrected chi connectivity index (χ1v) is 6.15. The molecule has 0 aliphatic heterocycles. The van der Waals surface area contributed by atoms with E-state index in [1.807, 2.05) is 4.57 Å². The molecule has 0 bridgehead atoms. The van der Waals surface area contributed by atoms with Crippen LogP contribution in [0.3, 0.4) is 0 Å². The quantitative estimate of drug-likeness (QED) is 0.800. The maximum Gasteiger partial charge on any atom is 0.435 e. The van der Waals surface area contributed by atoms with E-state index in [1.165, 1.54) is 12.4 Å². The zero-order valence-electron chi connectivity index (χ0n) is 10.7. The Kier molecular flexibility index (Phi) is 3.24. The molecule has 0 radical (unpaired) electrons. The topological polar surface area (TPSA) is 60.0 Å². The minimum atomic E-state index is -4.47. The minimum Gasteiger partial charge on any atom is -0.366 e. The van der Waals surface area contributed by atoms with Gasteiger partial charge in [0.15, 0.2) is 11.5 Å². The molecule has 0 amide bonds. The lowest BCUT2D eigenvalue weighted by molar-refractivity contribution is -0.141. The number of alkyl halides is 3. The van der Waals surface area contributed by atoms with Gasteiger partial charge in [-0.3, -0.25) is 0 Å². The number of nitrogens with one attached hydrogen (secondary N) is 1.